The van der Waals surface area contributed by atoms with Crippen molar-refractivity contribution in [3.05, 3.63) is 16.5 Å². The standard InChI is InChI=1S/C14H24N2O2S3/c1-5-15-9-13-10(2)8-14(20-13)21(17,18)16-6-7-19-12(4)11(16)3/h8,11-12,15H,5-7,9H2,1-4H3. The molecule has 4 nitrogen and oxygen atoms in total. The molecular weight excluding hydrogens is 324 g/mol. The minimum atomic E-state index is -3.36. The van der Waals surface area contributed by atoms with Crippen LogP contribution in [0.25, 0.3) is 0 Å². The maximum atomic E-state index is 12.9. The van der Waals surface area contributed by atoms with Crippen molar-refractivity contribution in [1.82, 2.24) is 9.62 Å². The summed E-state index contributed by atoms with van der Waals surface area (Å²) in [6.07, 6.45) is 0. The van der Waals surface area contributed by atoms with Crippen molar-refractivity contribution in [3.63, 3.8) is 0 Å². The Labute approximate surface area is 136 Å². The molecule has 1 aromatic rings. The van der Waals surface area contributed by atoms with Crippen LogP contribution < -0.4 is 5.32 Å². The van der Waals surface area contributed by atoms with Crippen molar-refractivity contribution in [1.29, 1.82) is 0 Å². The maximum Gasteiger partial charge on any atom is 0.252 e. The van der Waals surface area contributed by atoms with E-state index in [4.69, 9.17) is 0 Å². The Kier molecular flexibility index (Phi) is 5.76. The lowest BCUT2D eigenvalue weighted by Gasteiger charge is -2.35. The van der Waals surface area contributed by atoms with Gasteiger partial charge in [0.1, 0.15) is 4.21 Å². The minimum Gasteiger partial charge on any atom is -0.312 e. The summed E-state index contributed by atoms with van der Waals surface area (Å²) in [5.41, 5.74) is 1.06. The summed E-state index contributed by atoms with van der Waals surface area (Å²) in [5, 5.41) is 3.61. The fourth-order valence-corrected chi connectivity index (χ4v) is 7.07. The molecule has 1 aliphatic rings. The van der Waals surface area contributed by atoms with E-state index in [1.165, 1.54) is 11.3 Å². The molecule has 0 spiro atoms. The number of hydrogen-bond acceptors (Lipinski definition) is 5. The third-order valence-corrected chi connectivity index (χ3v) is 8.93. The predicted molar refractivity (Wildman–Crippen MR) is 91.7 cm³/mol. The molecule has 1 fully saturated rings. The number of thiophene rings is 1. The Bertz CT molecular complexity index is 583. The van der Waals surface area contributed by atoms with Crippen LogP contribution in [0.5, 0.6) is 0 Å². The topological polar surface area (TPSA) is 49.4 Å². The number of rotatable bonds is 5. The molecule has 1 N–H and O–H groups in total. The Hall–Kier alpha value is -0.0800. The van der Waals surface area contributed by atoms with Gasteiger partial charge in [0.05, 0.1) is 0 Å². The fourth-order valence-electron chi connectivity index (χ4n) is 2.39. The first kappa shape index (κ1) is 17.3. The maximum absolute atomic E-state index is 12.9. The van der Waals surface area contributed by atoms with Gasteiger partial charge in [-0.2, -0.15) is 16.1 Å². The zero-order chi connectivity index (χ0) is 15.6. The van der Waals surface area contributed by atoms with Crippen LogP contribution in [0.2, 0.25) is 0 Å². The van der Waals surface area contributed by atoms with Gasteiger partial charge in [0.25, 0.3) is 10.0 Å². The third-order valence-electron chi connectivity index (χ3n) is 3.92. The molecule has 1 aliphatic heterocycles. The van der Waals surface area contributed by atoms with Crippen LogP contribution in [0, 0.1) is 6.92 Å². The molecule has 120 valence electrons. The van der Waals surface area contributed by atoms with Gasteiger partial charge in [-0.3, -0.25) is 0 Å². The van der Waals surface area contributed by atoms with Gasteiger partial charge in [-0.05, 0) is 32.0 Å². The van der Waals surface area contributed by atoms with Crippen molar-refractivity contribution in [3.8, 4) is 0 Å². The smallest absolute Gasteiger partial charge is 0.252 e. The van der Waals surface area contributed by atoms with Crippen molar-refractivity contribution in [2.75, 3.05) is 18.8 Å². The molecule has 0 aliphatic carbocycles. The van der Waals surface area contributed by atoms with Gasteiger partial charge in [0.2, 0.25) is 0 Å². The molecule has 0 bridgehead atoms. The molecular formula is C14H24N2O2S3. The van der Waals surface area contributed by atoms with Gasteiger partial charge < -0.3 is 5.32 Å². The summed E-state index contributed by atoms with van der Waals surface area (Å²) in [6, 6.07) is 1.87. The van der Waals surface area contributed by atoms with Crippen molar-refractivity contribution in [2.45, 2.75) is 49.7 Å². The first-order chi connectivity index (χ1) is 9.87. The molecule has 7 heteroatoms. The van der Waals surface area contributed by atoms with E-state index in [1.54, 1.807) is 4.31 Å². The SMILES string of the molecule is CCNCc1sc(S(=O)(=O)N2CCSC(C)C2C)cc1C. The second kappa shape index (κ2) is 7.00. The highest BCUT2D eigenvalue weighted by molar-refractivity contribution is 8.00. The third kappa shape index (κ3) is 3.64. The number of nitrogens with one attached hydrogen (secondary N) is 1. The Morgan fingerprint density at radius 3 is 2.81 bits per heavy atom. The Balaban J connectivity index is 2.27. The van der Waals surface area contributed by atoms with Gasteiger partial charge in [-0.25, -0.2) is 8.42 Å². The zero-order valence-corrected chi connectivity index (χ0v) is 15.5. The quantitative estimate of drug-likeness (QED) is 0.889. The Morgan fingerprint density at radius 2 is 2.14 bits per heavy atom. The molecule has 0 aromatic carbocycles. The van der Waals surface area contributed by atoms with Crippen LogP contribution in [0.3, 0.4) is 0 Å². The largest absolute Gasteiger partial charge is 0.312 e. The average Bonchev–Trinajstić information content (AvgIpc) is 2.81. The van der Waals surface area contributed by atoms with E-state index >= 15 is 0 Å². The number of hydrogen-bond donors (Lipinski definition) is 1. The first-order valence-corrected chi connectivity index (χ1v) is 10.6. The highest BCUT2D eigenvalue weighted by Gasteiger charge is 2.36. The fraction of sp³-hybridized carbons (Fsp3) is 0.714. The molecule has 2 rings (SSSR count). The van der Waals surface area contributed by atoms with Gasteiger partial charge in [-0.1, -0.05) is 13.8 Å². The highest BCUT2D eigenvalue weighted by Crippen LogP contribution is 2.33. The number of sulfonamides is 1. The van der Waals surface area contributed by atoms with Crippen LogP contribution in [-0.2, 0) is 16.6 Å². The zero-order valence-electron chi connectivity index (χ0n) is 13.0. The molecule has 0 radical (unpaired) electrons. The van der Waals surface area contributed by atoms with Crippen molar-refractivity contribution in [2.24, 2.45) is 0 Å². The first-order valence-electron chi connectivity index (χ1n) is 7.31. The molecule has 0 saturated carbocycles. The van der Waals surface area contributed by atoms with Gasteiger partial charge >= 0.3 is 0 Å². The van der Waals surface area contributed by atoms with Crippen molar-refractivity contribution >= 4 is 33.1 Å². The molecule has 21 heavy (non-hydrogen) atoms. The summed E-state index contributed by atoms with van der Waals surface area (Å²) < 4.78 is 27.9. The van der Waals surface area contributed by atoms with Crippen LogP contribution in [0.15, 0.2) is 10.3 Å². The van der Waals surface area contributed by atoms with Gasteiger partial charge in [-0.15, -0.1) is 11.3 Å². The predicted octanol–water partition coefficient (Wildman–Crippen LogP) is 2.68. The molecule has 1 saturated heterocycles. The average molecular weight is 349 g/mol. The summed E-state index contributed by atoms with van der Waals surface area (Å²) >= 11 is 3.25. The summed E-state index contributed by atoms with van der Waals surface area (Å²) in [5.74, 6) is 0.874. The summed E-state index contributed by atoms with van der Waals surface area (Å²) in [7, 11) is -3.36. The monoisotopic (exact) mass is 348 g/mol. The van der Waals surface area contributed by atoms with E-state index in [2.05, 4.69) is 19.2 Å². The van der Waals surface area contributed by atoms with Gasteiger partial charge in [0, 0.05) is 35.0 Å². The minimum absolute atomic E-state index is 0.0494. The van der Waals surface area contributed by atoms with Gasteiger partial charge in [0.15, 0.2) is 0 Å². The normalized spacial score (nSPS) is 24.4. The second-order valence-electron chi connectivity index (χ2n) is 5.38. The number of nitrogens with zero attached hydrogens (tertiary/aromatic N) is 1. The van der Waals surface area contributed by atoms with E-state index in [1.807, 2.05) is 31.7 Å². The highest BCUT2D eigenvalue weighted by atomic mass is 32.2. The van der Waals surface area contributed by atoms with E-state index in [0.29, 0.717) is 16.0 Å². The molecule has 2 atom stereocenters. The van der Waals surface area contributed by atoms with Crippen LogP contribution in [0.4, 0.5) is 0 Å². The molecule has 0 amide bonds. The van der Waals surface area contributed by atoms with Crippen molar-refractivity contribution < 1.29 is 8.42 Å². The van der Waals surface area contributed by atoms with Crippen LogP contribution in [0.1, 0.15) is 31.2 Å². The number of aryl methyl sites for hydroxylation is 1. The molecule has 1 aromatic heterocycles. The molecule has 2 unspecified atom stereocenters. The lowest BCUT2D eigenvalue weighted by atomic mass is 10.2. The van der Waals surface area contributed by atoms with E-state index < -0.39 is 10.0 Å². The lowest BCUT2D eigenvalue weighted by Crippen LogP contribution is -2.47. The summed E-state index contributed by atoms with van der Waals surface area (Å²) in [4.78, 5) is 1.11. The molecule has 2 heterocycles. The number of thioether (sulfide) groups is 1. The van der Waals surface area contributed by atoms with E-state index in [0.717, 1.165) is 29.3 Å². The van der Waals surface area contributed by atoms with Crippen LogP contribution >= 0.6 is 23.1 Å². The second-order valence-corrected chi connectivity index (χ2v) is 10.1. The van der Waals surface area contributed by atoms with E-state index in [-0.39, 0.29) is 6.04 Å². The Morgan fingerprint density at radius 1 is 1.43 bits per heavy atom. The van der Waals surface area contributed by atoms with Crippen LogP contribution in [-0.4, -0.2) is 42.9 Å². The summed E-state index contributed by atoms with van der Waals surface area (Å²) in [6.45, 7) is 10.4. The lowest BCUT2D eigenvalue weighted by molar-refractivity contribution is 0.341. The van der Waals surface area contributed by atoms with E-state index in [9.17, 15) is 8.42 Å².